The maximum Gasteiger partial charge on any atom is 0.163 e. The van der Waals surface area contributed by atoms with Crippen LogP contribution in [0.3, 0.4) is 0 Å². The molecule has 1 aromatic carbocycles. The molecule has 0 saturated carbocycles. The largest absolute Gasteiger partial charge is 0.294 e. The molecule has 0 N–H and O–H groups in total. The molecule has 1 aliphatic carbocycles. The highest BCUT2D eigenvalue weighted by atomic mass is 35.5. The number of benzene rings is 1. The van der Waals surface area contributed by atoms with Crippen LogP contribution in [0.5, 0.6) is 0 Å². The highest BCUT2D eigenvalue weighted by Gasteiger charge is 2.28. The van der Waals surface area contributed by atoms with Crippen molar-refractivity contribution in [2.24, 2.45) is 0 Å². The minimum absolute atomic E-state index is 0.222. The first-order valence-electron chi connectivity index (χ1n) is 7.31. The number of carbonyl (C=O) groups excluding carboxylic acids is 1. The summed E-state index contributed by atoms with van der Waals surface area (Å²) in [7, 11) is 0. The summed E-state index contributed by atoms with van der Waals surface area (Å²) >= 11 is 5.92. The molecular formula is C18H23ClO. The van der Waals surface area contributed by atoms with Crippen LogP contribution in [0.2, 0.25) is 5.02 Å². The Hall–Kier alpha value is -1.34. The predicted octanol–water partition coefficient (Wildman–Crippen LogP) is 5.95. The van der Waals surface area contributed by atoms with E-state index in [4.69, 9.17) is 11.6 Å². The van der Waals surface area contributed by atoms with Gasteiger partial charge in [0.25, 0.3) is 0 Å². The second kappa shape index (κ2) is 8.76. The maximum absolute atomic E-state index is 11.9. The third-order valence-corrected chi connectivity index (χ3v) is 3.52. The van der Waals surface area contributed by atoms with E-state index >= 15 is 0 Å². The fourth-order valence-corrected chi connectivity index (χ4v) is 2.52. The molecule has 20 heavy (non-hydrogen) atoms. The van der Waals surface area contributed by atoms with E-state index in [1.165, 1.54) is 0 Å². The molecule has 0 amide bonds. The normalized spacial score (nSPS) is 17.4. The second-order valence-electron chi connectivity index (χ2n) is 4.57. The van der Waals surface area contributed by atoms with E-state index in [1.54, 1.807) is 6.07 Å². The van der Waals surface area contributed by atoms with Crippen molar-refractivity contribution in [2.45, 2.75) is 46.0 Å². The third kappa shape index (κ3) is 4.35. The van der Waals surface area contributed by atoms with Gasteiger partial charge in [-0.2, -0.15) is 0 Å². The van der Waals surface area contributed by atoms with Gasteiger partial charge < -0.3 is 0 Å². The van der Waals surface area contributed by atoms with Crippen LogP contribution in [0.4, 0.5) is 0 Å². The highest BCUT2D eigenvalue weighted by molar-refractivity contribution is 6.31. The molecular weight excluding hydrogens is 268 g/mol. The molecule has 1 atom stereocenters. The van der Waals surface area contributed by atoms with E-state index in [1.807, 2.05) is 39.0 Å². The molecule has 0 radical (unpaired) electrons. The number of rotatable bonds is 4. The van der Waals surface area contributed by atoms with E-state index in [0.29, 0.717) is 17.4 Å². The highest BCUT2D eigenvalue weighted by Crippen LogP contribution is 2.36. The molecule has 2 rings (SSSR count). The zero-order valence-corrected chi connectivity index (χ0v) is 13.3. The van der Waals surface area contributed by atoms with Gasteiger partial charge in [0.15, 0.2) is 5.78 Å². The van der Waals surface area contributed by atoms with Gasteiger partial charge in [-0.05, 0) is 43.4 Å². The lowest BCUT2D eigenvalue weighted by Gasteiger charge is -2.07. The Morgan fingerprint density at radius 3 is 2.70 bits per heavy atom. The molecule has 1 aromatic rings. The predicted molar refractivity (Wildman–Crippen MR) is 87.7 cm³/mol. The summed E-state index contributed by atoms with van der Waals surface area (Å²) in [6, 6.07) is 5.66. The van der Waals surface area contributed by atoms with Crippen LogP contribution in [0, 0.1) is 0 Å². The zero-order chi connectivity index (χ0) is 15.0. The van der Waals surface area contributed by atoms with E-state index in [-0.39, 0.29) is 5.78 Å². The number of Topliss-reactive ketones (excluding diaryl/α,β-unsaturated/α-hetero) is 1. The number of fused-ring (bicyclic) bond motifs is 1. The van der Waals surface area contributed by atoms with Gasteiger partial charge in [0.1, 0.15) is 0 Å². The maximum atomic E-state index is 11.9. The van der Waals surface area contributed by atoms with Crippen molar-refractivity contribution >= 4 is 17.4 Å². The van der Waals surface area contributed by atoms with E-state index in [9.17, 15) is 4.79 Å². The molecule has 1 nitrogen and oxygen atoms in total. The van der Waals surface area contributed by atoms with Gasteiger partial charge in [0, 0.05) is 17.0 Å². The molecule has 0 aliphatic heterocycles. The van der Waals surface area contributed by atoms with E-state index in [2.05, 4.69) is 18.2 Å². The summed E-state index contributed by atoms with van der Waals surface area (Å²) in [6.45, 7) is 6.02. The van der Waals surface area contributed by atoms with Crippen LogP contribution in [-0.4, -0.2) is 5.78 Å². The fourth-order valence-electron chi connectivity index (χ4n) is 2.35. The van der Waals surface area contributed by atoms with Gasteiger partial charge in [0.2, 0.25) is 0 Å². The lowest BCUT2D eigenvalue weighted by Crippen LogP contribution is -1.91. The molecule has 0 spiro atoms. The SMILES string of the molecule is C/C=C\C/C=C\C[C@H]1CC(=O)c2cc(Cl)ccc21.CC. The molecule has 108 valence electrons. The van der Waals surface area contributed by atoms with Crippen LogP contribution >= 0.6 is 11.6 Å². The molecule has 2 heteroatoms. The third-order valence-electron chi connectivity index (χ3n) is 3.28. The van der Waals surface area contributed by atoms with Crippen LogP contribution in [0.25, 0.3) is 0 Å². The Morgan fingerprint density at radius 2 is 2.00 bits per heavy atom. The Balaban J connectivity index is 0.000000956. The van der Waals surface area contributed by atoms with Crippen molar-refractivity contribution in [3.63, 3.8) is 0 Å². The van der Waals surface area contributed by atoms with Gasteiger partial charge in [-0.25, -0.2) is 0 Å². The molecule has 0 fully saturated rings. The zero-order valence-electron chi connectivity index (χ0n) is 12.5. The van der Waals surface area contributed by atoms with Gasteiger partial charge >= 0.3 is 0 Å². The number of halogens is 1. The number of hydrogen-bond acceptors (Lipinski definition) is 1. The number of hydrogen-bond donors (Lipinski definition) is 0. The Kier molecular flexibility index (Phi) is 7.32. The number of allylic oxidation sites excluding steroid dienone is 4. The van der Waals surface area contributed by atoms with E-state index < -0.39 is 0 Å². The monoisotopic (exact) mass is 290 g/mol. The average molecular weight is 291 g/mol. The first kappa shape index (κ1) is 16.7. The Bertz CT molecular complexity index is 500. The first-order valence-corrected chi connectivity index (χ1v) is 7.69. The standard InChI is InChI=1S/C16H17ClO.C2H6/c1-2-3-4-5-6-7-12-10-16(18)15-11-13(17)8-9-14(12)15;1-2/h2-3,5-6,8-9,11-12H,4,7,10H2,1H3;1-2H3/b3-2-,6-5-;/t12-;/m0./s1. The van der Waals surface area contributed by atoms with Crippen LogP contribution in [0.1, 0.15) is 61.9 Å². The van der Waals surface area contributed by atoms with Crippen molar-refractivity contribution in [2.75, 3.05) is 0 Å². The topological polar surface area (TPSA) is 17.1 Å². The van der Waals surface area contributed by atoms with E-state index in [0.717, 1.165) is 24.0 Å². The van der Waals surface area contributed by atoms with Gasteiger partial charge in [-0.3, -0.25) is 4.79 Å². The summed E-state index contributed by atoms with van der Waals surface area (Å²) in [5.74, 6) is 0.547. The smallest absolute Gasteiger partial charge is 0.163 e. The molecule has 0 aromatic heterocycles. The van der Waals surface area contributed by atoms with Gasteiger partial charge in [0.05, 0.1) is 0 Å². The van der Waals surface area contributed by atoms with Crippen LogP contribution in [0.15, 0.2) is 42.5 Å². The lowest BCUT2D eigenvalue weighted by molar-refractivity contribution is 0.0989. The minimum atomic E-state index is 0.222. The summed E-state index contributed by atoms with van der Waals surface area (Å²) in [5.41, 5.74) is 1.97. The lowest BCUT2D eigenvalue weighted by atomic mass is 9.97. The first-order chi connectivity index (χ1) is 9.72. The molecule has 1 aliphatic rings. The summed E-state index contributed by atoms with van der Waals surface area (Å²) < 4.78 is 0. The number of ketones is 1. The minimum Gasteiger partial charge on any atom is -0.294 e. The quantitative estimate of drug-likeness (QED) is 0.626. The van der Waals surface area contributed by atoms with Gasteiger partial charge in [-0.1, -0.05) is 55.8 Å². The summed E-state index contributed by atoms with van der Waals surface area (Å²) in [6.07, 6.45) is 11.0. The Morgan fingerprint density at radius 1 is 1.25 bits per heavy atom. The Labute approximate surface area is 127 Å². The van der Waals surface area contributed by atoms with Crippen LogP contribution < -0.4 is 0 Å². The molecule has 0 saturated heterocycles. The van der Waals surface area contributed by atoms with Gasteiger partial charge in [-0.15, -0.1) is 0 Å². The van der Waals surface area contributed by atoms with Crippen molar-refractivity contribution in [3.8, 4) is 0 Å². The molecule has 0 bridgehead atoms. The summed E-state index contributed by atoms with van der Waals surface area (Å²) in [5, 5.41) is 0.645. The summed E-state index contributed by atoms with van der Waals surface area (Å²) in [4.78, 5) is 11.9. The van der Waals surface area contributed by atoms with Crippen molar-refractivity contribution in [1.29, 1.82) is 0 Å². The second-order valence-corrected chi connectivity index (χ2v) is 5.00. The molecule has 0 heterocycles. The van der Waals surface area contributed by atoms with Crippen LogP contribution in [-0.2, 0) is 0 Å². The van der Waals surface area contributed by atoms with Crippen molar-refractivity contribution < 1.29 is 4.79 Å². The average Bonchev–Trinajstić information content (AvgIpc) is 2.77. The van der Waals surface area contributed by atoms with Crippen molar-refractivity contribution in [3.05, 3.63) is 58.7 Å². The van der Waals surface area contributed by atoms with Crippen molar-refractivity contribution in [1.82, 2.24) is 0 Å². The molecule has 0 unspecified atom stereocenters. The fraction of sp³-hybridized carbons (Fsp3) is 0.389. The number of carbonyl (C=O) groups is 1.